The van der Waals surface area contributed by atoms with Gasteiger partial charge in [0.1, 0.15) is 10.4 Å². The maximum Gasteiger partial charge on any atom is 0.133 e. The number of aliphatic hydroxyl groups excluding tert-OH is 1. The van der Waals surface area contributed by atoms with Crippen LogP contribution in [0.1, 0.15) is 11.5 Å². The molecule has 2 rings (SSSR count). The van der Waals surface area contributed by atoms with E-state index in [4.69, 9.17) is 27.6 Å². The Kier molecular flexibility index (Phi) is 4.51. The number of hydrogen-bond acceptors (Lipinski definition) is 3. The summed E-state index contributed by atoms with van der Waals surface area (Å²) in [5.74, 6) is -0.178. The fourth-order valence-electron chi connectivity index (χ4n) is 2.13. The summed E-state index contributed by atoms with van der Waals surface area (Å²) in [7, 11) is 1.78. The number of benzene rings is 1. The van der Waals surface area contributed by atoms with Crippen LogP contribution in [0.3, 0.4) is 0 Å². The fraction of sp³-hybridized carbons (Fsp3) is 0.385. The average molecular weight is 288 g/mol. The summed E-state index contributed by atoms with van der Waals surface area (Å²) in [6.45, 7) is -0.0273. The molecule has 5 heteroatoms. The van der Waals surface area contributed by atoms with Gasteiger partial charge in [-0.3, -0.25) is 0 Å². The third-order valence-electron chi connectivity index (χ3n) is 3.13. The van der Waals surface area contributed by atoms with E-state index < -0.39 is 4.84 Å². The molecule has 0 spiro atoms. The lowest BCUT2D eigenvalue weighted by atomic mass is 9.92. The molecule has 1 aromatic heterocycles. The highest BCUT2D eigenvalue weighted by Crippen LogP contribution is 2.32. The van der Waals surface area contributed by atoms with Crippen LogP contribution < -0.4 is 5.32 Å². The van der Waals surface area contributed by atoms with Gasteiger partial charge in [0.15, 0.2) is 0 Å². The molecule has 3 nitrogen and oxygen atoms in total. The zero-order chi connectivity index (χ0) is 13.1. The average Bonchev–Trinajstić information content (AvgIpc) is 2.82. The topological polar surface area (TPSA) is 45.4 Å². The van der Waals surface area contributed by atoms with E-state index in [2.05, 4.69) is 5.32 Å². The van der Waals surface area contributed by atoms with E-state index in [1.807, 2.05) is 24.3 Å². The van der Waals surface area contributed by atoms with Crippen LogP contribution in [0.25, 0.3) is 11.0 Å². The highest BCUT2D eigenvalue weighted by molar-refractivity contribution is 6.44. The molecule has 0 radical (unpaired) electrons. The molecule has 0 aliphatic heterocycles. The first kappa shape index (κ1) is 13.7. The van der Waals surface area contributed by atoms with Gasteiger partial charge in [-0.2, -0.15) is 0 Å². The molecule has 0 fully saturated rings. The molecule has 0 aliphatic rings. The molecule has 2 unspecified atom stereocenters. The Morgan fingerprint density at radius 3 is 2.72 bits per heavy atom. The number of likely N-dealkylation sites (N-methyl/N-ethyl adjacent to an activating group) is 1. The van der Waals surface area contributed by atoms with Crippen molar-refractivity contribution >= 4 is 34.2 Å². The quantitative estimate of drug-likeness (QED) is 0.832. The lowest BCUT2D eigenvalue weighted by Gasteiger charge is -2.26. The van der Waals surface area contributed by atoms with Crippen molar-refractivity contribution in [3.8, 4) is 0 Å². The molecule has 0 saturated heterocycles. The van der Waals surface area contributed by atoms with Gasteiger partial charge in [-0.05, 0) is 30.8 Å². The Balaban J connectivity index is 2.40. The smallest absolute Gasteiger partial charge is 0.133 e. The normalized spacial score (nSPS) is 15.2. The SMILES string of the molecule is CNC(CO)C(c1ccc2occc2c1)C(Cl)Cl. The minimum Gasteiger partial charge on any atom is -0.464 e. The number of hydrogen-bond donors (Lipinski definition) is 2. The van der Waals surface area contributed by atoms with Gasteiger partial charge >= 0.3 is 0 Å². The summed E-state index contributed by atoms with van der Waals surface area (Å²) < 4.78 is 5.30. The van der Waals surface area contributed by atoms with Crippen molar-refractivity contribution in [2.45, 2.75) is 16.8 Å². The molecule has 0 aliphatic carbocycles. The predicted molar refractivity (Wildman–Crippen MR) is 74.4 cm³/mol. The Bertz CT molecular complexity index is 508. The lowest BCUT2D eigenvalue weighted by Crippen LogP contribution is -2.38. The summed E-state index contributed by atoms with van der Waals surface area (Å²) in [5.41, 5.74) is 1.80. The van der Waals surface area contributed by atoms with Gasteiger partial charge < -0.3 is 14.8 Å². The Morgan fingerprint density at radius 2 is 2.11 bits per heavy atom. The van der Waals surface area contributed by atoms with Gasteiger partial charge in [0, 0.05) is 17.3 Å². The summed E-state index contributed by atoms with van der Waals surface area (Å²) in [5, 5.41) is 13.4. The number of furan rings is 1. The van der Waals surface area contributed by atoms with Crippen molar-refractivity contribution in [1.29, 1.82) is 0 Å². The van der Waals surface area contributed by atoms with Gasteiger partial charge in [-0.1, -0.05) is 6.07 Å². The zero-order valence-electron chi connectivity index (χ0n) is 9.94. The van der Waals surface area contributed by atoms with Gasteiger partial charge in [-0.25, -0.2) is 0 Å². The van der Waals surface area contributed by atoms with Crippen LogP contribution >= 0.6 is 23.2 Å². The van der Waals surface area contributed by atoms with Crippen LogP contribution in [0.15, 0.2) is 34.9 Å². The van der Waals surface area contributed by atoms with Gasteiger partial charge in [0.2, 0.25) is 0 Å². The molecular formula is C13H15Cl2NO2. The van der Waals surface area contributed by atoms with E-state index >= 15 is 0 Å². The summed E-state index contributed by atoms with van der Waals surface area (Å²) >= 11 is 12.1. The van der Waals surface area contributed by atoms with Gasteiger partial charge in [0.05, 0.1) is 12.9 Å². The van der Waals surface area contributed by atoms with Crippen molar-refractivity contribution in [3.05, 3.63) is 36.1 Å². The van der Waals surface area contributed by atoms with E-state index in [0.717, 1.165) is 16.5 Å². The van der Waals surface area contributed by atoms with E-state index in [1.165, 1.54) is 0 Å². The molecule has 2 N–H and O–H groups in total. The molecule has 2 atom stereocenters. The van der Waals surface area contributed by atoms with Gasteiger partial charge in [-0.15, -0.1) is 23.2 Å². The fourth-order valence-corrected chi connectivity index (χ4v) is 2.77. The first-order valence-corrected chi connectivity index (χ1v) is 6.58. The van der Waals surface area contributed by atoms with Crippen LogP contribution in [0.5, 0.6) is 0 Å². The third kappa shape index (κ3) is 2.64. The van der Waals surface area contributed by atoms with Crippen LogP contribution in [0.4, 0.5) is 0 Å². The monoisotopic (exact) mass is 287 g/mol. The largest absolute Gasteiger partial charge is 0.464 e. The van der Waals surface area contributed by atoms with Crippen molar-refractivity contribution < 1.29 is 9.52 Å². The molecule has 0 saturated carbocycles. The Morgan fingerprint density at radius 1 is 1.33 bits per heavy atom. The van der Waals surface area contributed by atoms with Crippen molar-refractivity contribution in [3.63, 3.8) is 0 Å². The van der Waals surface area contributed by atoms with Crippen molar-refractivity contribution in [2.24, 2.45) is 0 Å². The van der Waals surface area contributed by atoms with E-state index in [-0.39, 0.29) is 18.6 Å². The Hall–Kier alpha value is -0.740. The molecule has 0 bridgehead atoms. The first-order valence-electron chi connectivity index (χ1n) is 5.70. The minimum atomic E-state index is -0.598. The molecule has 98 valence electrons. The second-order valence-corrected chi connectivity index (χ2v) is 5.32. The maximum atomic E-state index is 9.38. The van der Waals surface area contributed by atoms with Crippen molar-refractivity contribution in [2.75, 3.05) is 13.7 Å². The summed E-state index contributed by atoms with van der Waals surface area (Å²) in [4.78, 5) is -0.598. The summed E-state index contributed by atoms with van der Waals surface area (Å²) in [6, 6.07) is 7.50. The number of nitrogens with one attached hydrogen (secondary N) is 1. The van der Waals surface area contributed by atoms with Crippen LogP contribution in [0.2, 0.25) is 0 Å². The molecule has 1 heterocycles. The standard InChI is InChI=1S/C13H15Cl2NO2/c1-16-10(7-17)12(13(14)15)9-2-3-11-8(6-9)4-5-18-11/h2-6,10,12-13,16-17H,7H2,1H3. The van der Waals surface area contributed by atoms with Crippen LogP contribution in [-0.2, 0) is 0 Å². The number of alkyl halides is 2. The van der Waals surface area contributed by atoms with E-state index in [1.54, 1.807) is 13.3 Å². The molecule has 2 aromatic rings. The number of aliphatic hydroxyl groups is 1. The predicted octanol–water partition coefficient (Wildman–Crippen LogP) is 2.90. The molecule has 18 heavy (non-hydrogen) atoms. The highest BCUT2D eigenvalue weighted by atomic mass is 35.5. The maximum absolute atomic E-state index is 9.38. The molecular weight excluding hydrogens is 273 g/mol. The minimum absolute atomic E-state index is 0.0273. The molecule has 1 aromatic carbocycles. The number of fused-ring (bicyclic) bond motifs is 1. The van der Waals surface area contributed by atoms with Crippen LogP contribution in [-0.4, -0.2) is 29.6 Å². The third-order valence-corrected chi connectivity index (χ3v) is 3.68. The van der Waals surface area contributed by atoms with E-state index in [9.17, 15) is 5.11 Å². The van der Waals surface area contributed by atoms with Crippen molar-refractivity contribution in [1.82, 2.24) is 5.32 Å². The summed E-state index contributed by atoms with van der Waals surface area (Å²) in [6.07, 6.45) is 1.64. The first-order chi connectivity index (χ1) is 8.67. The highest BCUT2D eigenvalue weighted by Gasteiger charge is 2.27. The van der Waals surface area contributed by atoms with Crippen LogP contribution in [0, 0.1) is 0 Å². The number of rotatable bonds is 5. The van der Waals surface area contributed by atoms with Gasteiger partial charge in [0.25, 0.3) is 0 Å². The second-order valence-electron chi connectivity index (χ2n) is 4.16. The lowest BCUT2D eigenvalue weighted by molar-refractivity contribution is 0.232. The zero-order valence-corrected chi connectivity index (χ0v) is 11.4. The number of halogens is 2. The van der Waals surface area contributed by atoms with E-state index in [0.29, 0.717) is 0 Å². The molecule has 0 amide bonds. The second kappa shape index (κ2) is 5.93. The Labute approximate surface area is 116 Å².